The highest BCUT2D eigenvalue weighted by molar-refractivity contribution is 8.27. The maximum Gasteiger partial charge on any atom is 0.283 e. The Kier molecular flexibility index (Phi) is 7.54. The standard InChI is InChI=1S/C27H26FN5O4S/c1-2-36-22-14-17(9-10-21(22)37-16-18-7-3-4-8-20(18)28)13-19-25(29)33-27(30-26(19)35)38-23(31-33)15-24(34)32-11-5-6-12-32/h3-4,7-10,13-14,29H,2,5-6,11-12,15-16H2,1H3. The largest absolute Gasteiger partial charge is 0.490 e. The summed E-state index contributed by atoms with van der Waals surface area (Å²) in [5, 5.41) is 15.1. The fourth-order valence-electron chi connectivity index (χ4n) is 4.25. The van der Waals surface area contributed by atoms with Gasteiger partial charge in [-0.1, -0.05) is 24.3 Å². The minimum absolute atomic E-state index is 0.0106. The quantitative estimate of drug-likeness (QED) is 0.501. The van der Waals surface area contributed by atoms with Gasteiger partial charge in [0.25, 0.3) is 5.91 Å². The van der Waals surface area contributed by atoms with Crippen LogP contribution in [0.4, 0.5) is 4.39 Å². The van der Waals surface area contributed by atoms with Crippen molar-refractivity contribution in [3.8, 4) is 11.5 Å². The first-order valence-corrected chi connectivity index (χ1v) is 13.1. The molecule has 0 aliphatic carbocycles. The lowest BCUT2D eigenvalue weighted by atomic mass is 10.1. The van der Waals surface area contributed by atoms with Gasteiger partial charge in [-0.3, -0.25) is 15.0 Å². The first-order chi connectivity index (χ1) is 18.4. The molecule has 0 atom stereocenters. The van der Waals surface area contributed by atoms with Crippen molar-refractivity contribution in [2.45, 2.75) is 32.8 Å². The highest BCUT2D eigenvalue weighted by Gasteiger charge is 2.36. The van der Waals surface area contributed by atoms with Gasteiger partial charge in [-0.25, -0.2) is 4.39 Å². The Morgan fingerprint density at radius 3 is 2.71 bits per heavy atom. The van der Waals surface area contributed by atoms with E-state index < -0.39 is 5.91 Å². The van der Waals surface area contributed by atoms with Crippen LogP contribution in [0.2, 0.25) is 0 Å². The minimum atomic E-state index is -0.561. The van der Waals surface area contributed by atoms with E-state index in [1.807, 2.05) is 11.8 Å². The second kappa shape index (κ2) is 11.2. The number of hydrazone groups is 1. The second-order valence-electron chi connectivity index (χ2n) is 8.80. The summed E-state index contributed by atoms with van der Waals surface area (Å²) in [6.45, 7) is 3.73. The van der Waals surface area contributed by atoms with E-state index in [-0.39, 0.29) is 41.3 Å². The van der Waals surface area contributed by atoms with Crippen LogP contribution in [0.3, 0.4) is 0 Å². The zero-order valence-corrected chi connectivity index (χ0v) is 21.6. The third-order valence-electron chi connectivity index (χ3n) is 6.18. The number of thioether (sulfide) groups is 1. The topological polar surface area (TPSA) is 108 Å². The molecule has 9 nitrogen and oxygen atoms in total. The minimum Gasteiger partial charge on any atom is -0.490 e. The Hall–Kier alpha value is -3.99. The molecule has 2 amide bonds. The highest BCUT2D eigenvalue weighted by atomic mass is 32.2. The number of benzene rings is 2. The fourth-order valence-corrected chi connectivity index (χ4v) is 5.13. The van der Waals surface area contributed by atoms with Gasteiger partial charge in [0.2, 0.25) is 11.1 Å². The number of nitrogens with one attached hydrogen (secondary N) is 1. The number of halogens is 1. The van der Waals surface area contributed by atoms with Gasteiger partial charge >= 0.3 is 0 Å². The number of aliphatic imine (C=N–C) groups is 1. The number of amidine groups is 2. The van der Waals surface area contributed by atoms with Crippen LogP contribution in [0.1, 0.15) is 37.3 Å². The molecule has 1 saturated heterocycles. The van der Waals surface area contributed by atoms with Gasteiger partial charge in [-0.2, -0.15) is 15.1 Å². The molecule has 196 valence electrons. The first kappa shape index (κ1) is 25.7. The SMILES string of the molecule is CCOc1cc(C=C2C(=N)N3N=C(CC(=O)N4CCCC4)SC3=NC2=O)ccc1OCc1ccccc1F. The molecule has 3 aliphatic rings. The molecule has 3 heterocycles. The van der Waals surface area contributed by atoms with E-state index in [1.54, 1.807) is 42.5 Å². The molecule has 0 radical (unpaired) electrons. The Morgan fingerprint density at radius 1 is 1.16 bits per heavy atom. The Morgan fingerprint density at radius 2 is 1.95 bits per heavy atom. The van der Waals surface area contributed by atoms with E-state index in [0.717, 1.165) is 37.7 Å². The van der Waals surface area contributed by atoms with Gasteiger partial charge in [0.15, 0.2) is 17.3 Å². The molecular weight excluding hydrogens is 509 g/mol. The van der Waals surface area contributed by atoms with Crippen LogP contribution >= 0.6 is 11.8 Å². The van der Waals surface area contributed by atoms with Crippen LogP contribution in [-0.4, -0.2) is 57.5 Å². The fraction of sp³-hybridized carbons (Fsp3) is 0.296. The number of ether oxygens (including phenoxy) is 2. The van der Waals surface area contributed by atoms with Gasteiger partial charge in [0, 0.05) is 18.7 Å². The van der Waals surface area contributed by atoms with Gasteiger partial charge in [-0.15, -0.1) is 0 Å². The number of fused-ring (bicyclic) bond motifs is 1. The Bertz CT molecular complexity index is 1380. The average molecular weight is 536 g/mol. The third-order valence-corrected chi connectivity index (χ3v) is 7.09. The van der Waals surface area contributed by atoms with Crippen LogP contribution < -0.4 is 9.47 Å². The van der Waals surface area contributed by atoms with Crippen molar-refractivity contribution in [3.63, 3.8) is 0 Å². The van der Waals surface area contributed by atoms with E-state index in [1.165, 1.54) is 11.1 Å². The van der Waals surface area contributed by atoms with Gasteiger partial charge in [0.05, 0.1) is 18.6 Å². The third kappa shape index (κ3) is 5.47. The molecular formula is C27H26FN5O4S. The monoisotopic (exact) mass is 535 g/mol. The molecule has 0 unspecified atom stereocenters. The van der Waals surface area contributed by atoms with Gasteiger partial charge in [0.1, 0.15) is 17.5 Å². The zero-order valence-electron chi connectivity index (χ0n) is 20.8. The van der Waals surface area contributed by atoms with Crippen molar-refractivity contribution in [2.24, 2.45) is 10.1 Å². The van der Waals surface area contributed by atoms with E-state index in [4.69, 9.17) is 14.9 Å². The second-order valence-corrected chi connectivity index (χ2v) is 9.84. The summed E-state index contributed by atoms with van der Waals surface area (Å²) in [5.41, 5.74) is 1.08. The van der Waals surface area contributed by atoms with Crippen LogP contribution in [0.5, 0.6) is 11.5 Å². The number of amides is 2. The molecule has 0 bridgehead atoms. The van der Waals surface area contributed by atoms with Gasteiger partial charge in [-0.05, 0) is 61.4 Å². The summed E-state index contributed by atoms with van der Waals surface area (Å²) >= 11 is 1.14. The molecule has 11 heteroatoms. The lowest BCUT2D eigenvalue weighted by molar-refractivity contribution is -0.128. The number of carbonyl (C=O) groups is 2. The summed E-state index contributed by atoms with van der Waals surface area (Å²) in [5.74, 6) is -0.191. The first-order valence-electron chi connectivity index (χ1n) is 12.3. The number of nitrogens with zero attached hydrogens (tertiary/aromatic N) is 4. The van der Waals surface area contributed by atoms with Crippen molar-refractivity contribution in [1.29, 1.82) is 5.41 Å². The molecule has 1 N–H and O–H groups in total. The maximum atomic E-state index is 14.0. The number of hydrogen-bond acceptors (Lipinski definition) is 7. The van der Waals surface area contributed by atoms with E-state index >= 15 is 0 Å². The molecule has 0 saturated carbocycles. The van der Waals surface area contributed by atoms with Crippen molar-refractivity contribution in [3.05, 3.63) is 65.0 Å². The average Bonchev–Trinajstić information content (AvgIpc) is 3.58. The summed E-state index contributed by atoms with van der Waals surface area (Å²) in [7, 11) is 0. The molecule has 2 aromatic carbocycles. The lowest BCUT2D eigenvalue weighted by Gasteiger charge is -2.20. The van der Waals surface area contributed by atoms with E-state index in [9.17, 15) is 14.0 Å². The van der Waals surface area contributed by atoms with E-state index in [2.05, 4.69) is 10.1 Å². The smallest absolute Gasteiger partial charge is 0.283 e. The van der Waals surface area contributed by atoms with Crippen molar-refractivity contribution in [2.75, 3.05) is 19.7 Å². The number of rotatable bonds is 8. The summed E-state index contributed by atoms with van der Waals surface area (Å²) in [6, 6.07) is 11.5. The maximum absolute atomic E-state index is 14.0. The summed E-state index contributed by atoms with van der Waals surface area (Å²) in [6.07, 6.45) is 3.66. The van der Waals surface area contributed by atoms with Crippen LogP contribution in [0, 0.1) is 11.2 Å². The Labute approximate surface area is 223 Å². The number of likely N-dealkylation sites (tertiary alicyclic amines) is 1. The zero-order chi connectivity index (χ0) is 26.6. The predicted octanol–water partition coefficient (Wildman–Crippen LogP) is 4.44. The van der Waals surface area contributed by atoms with Crippen molar-refractivity contribution < 1.29 is 23.5 Å². The van der Waals surface area contributed by atoms with E-state index in [0.29, 0.717) is 34.3 Å². The predicted molar refractivity (Wildman–Crippen MR) is 144 cm³/mol. The highest BCUT2D eigenvalue weighted by Crippen LogP contribution is 2.33. The normalized spacial score (nSPS) is 18.0. The molecule has 2 aromatic rings. The molecule has 3 aliphatic heterocycles. The number of hydrogen-bond donors (Lipinski definition) is 1. The van der Waals surface area contributed by atoms with Crippen LogP contribution in [0.25, 0.3) is 6.08 Å². The molecule has 5 rings (SSSR count). The van der Waals surface area contributed by atoms with Crippen LogP contribution in [0.15, 0.2) is 58.1 Å². The molecule has 0 spiro atoms. The summed E-state index contributed by atoms with van der Waals surface area (Å²) in [4.78, 5) is 31.2. The Balaban J connectivity index is 1.33. The summed E-state index contributed by atoms with van der Waals surface area (Å²) < 4.78 is 25.5. The molecule has 38 heavy (non-hydrogen) atoms. The molecule has 1 fully saturated rings. The lowest BCUT2D eigenvalue weighted by Crippen LogP contribution is -2.35. The molecule has 0 aromatic heterocycles. The van der Waals surface area contributed by atoms with Crippen LogP contribution in [-0.2, 0) is 16.2 Å². The van der Waals surface area contributed by atoms with Gasteiger partial charge < -0.3 is 14.4 Å². The van der Waals surface area contributed by atoms with Crippen molar-refractivity contribution in [1.82, 2.24) is 9.91 Å². The number of carbonyl (C=O) groups excluding carboxylic acids is 2. The van der Waals surface area contributed by atoms with Crippen molar-refractivity contribution >= 4 is 45.7 Å².